The van der Waals surface area contributed by atoms with Crippen LogP contribution in [0.4, 0.5) is 0 Å². The van der Waals surface area contributed by atoms with Crippen LogP contribution in [0.5, 0.6) is 0 Å². The average molecular weight is 272 g/mol. The molecule has 0 N–H and O–H groups in total. The number of hydrogen-bond acceptors (Lipinski definition) is 4. The fraction of sp³-hybridized carbons (Fsp3) is 0.556. The highest BCUT2D eigenvalue weighted by molar-refractivity contribution is 7.88. The third-order valence-electron chi connectivity index (χ3n) is 2.38. The smallest absolute Gasteiger partial charge is 0.268 e. The van der Waals surface area contributed by atoms with Gasteiger partial charge in [0.05, 0.1) is 4.52 Å². The van der Waals surface area contributed by atoms with E-state index in [9.17, 15) is 18.0 Å². The molecule has 9 heteroatoms. The second-order valence-electron chi connectivity index (χ2n) is 3.68. The Morgan fingerprint density at radius 3 is 2.61 bits per heavy atom. The van der Waals surface area contributed by atoms with Crippen molar-refractivity contribution < 1.29 is 18.0 Å². The van der Waals surface area contributed by atoms with E-state index in [1.165, 1.54) is 0 Å². The molecule has 1 aliphatic rings. The van der Waals surface area contributed by atoms with Crippen LogP contribution in [-0.4, -0.2) is 24.5 Å². The summed E-state index contributed by atoms with van der Waals surface area (Å²) in [4.78, 5) is 25.2. The lowest BCUT2D eigenvalue weighted by molar-refractivity contribution is -0.131. The summed E-state index contributed by atoms with van der Waals surface area (Å²) < 4.78 is 25.2. The fourth-order valence-electron chi connectivity index (χ4n) is 1.55. The van der Waals surface area contributed by atoms with E-state index >= 15 is 0 Å². The minimum atomic E-state index is -4.58. The van der Waals surface area contributed by atoms with Crippen molar-refractivity contribution in [1.29, 1.82) is 0 Å². The number of carbonyl (C=O) groups is 2. The van der Waals surface area contributed by atoms with Gasteiger partial charge in [0.25, 0.3) is 11.8 Å². The van der Waals surface area contributed by atoms with Crippen LogP contribution in [0.3, 0.4) is 0 Å². The second kappa shape index (κ2) is 5.65. The van der Waals surface area contributed by atoms with Gasteiger partial charge in [-0.05, 0) is 18.4 Å². The number of nitrogens with zero attached hydrogens (tertiary/aromatic N) is 4. The maximum atomic E-state index is 11.7. The van der Waals surface area contributed by atoms with E-state index in [4.69, 9.17) is 5.53 Å². The van der Waals surface area contributed by atoms with E-state index < -0.39 is 22.0 Å². The zero-order chi connectivity index (χ0) is 13.8. The molecule has 0 radical (unpaired) electrons. The van der Waals surface area contributed by atoms with Crippen LogP contribution in [-0.2, 0) is 19.8 Å². The number of rotatable bonds is 6. The lowest BCUT2D eigenvalue weighted by atomic mass is 10.1. The SMILES string of the molecule is CCCCCC1=CC(=O)N(S(=O)(=O)N=[N+]=[N-])C1=O. The van der Waals surface area contributed by atoms with Crippen molar-refractivity contribution >= 4 is 22.0 Å². The van der Waals surface area contributed by atoms with Gasteiger partial charge in [0.2, 0.25) is 0 Å². The molecule has 0 saturated heterocycles. The molecule has 0 aliphatic carbocycles. The van der Waals surface area contributed by atoms with Crippen LogP contribution in [0.1, 0.15) is 32.6 Å². The Morgan fingerprint density at radius 1 is 1.39 bits per heavy atom. The molecule has 1 heterocycles. The predicted molar refractivity (Wildman–Crippen MR) is 62.1 cm³/mol. The highest BCUT2D eigenvalue weighted by atomic mass is 32.2. The van der Waals surface area contributed by atoms with Crippen LogP contribution in [0, 0.1) is 0 Å². The van der Waals surface area contributed by atoms with Gasteiger partial charge in [-0.2, -0.15) is 12.7 Å². The largest absolute Gasteiger partial charge is 0.334 e. The first-order valence-corrected chi connectivity index (χ1v) is 6.74. The number of azide groups is 1. The van der Waals surface area contributed by atoms with Gasteiger partial charge in [-0.25, -0.2) is 0 Å². The Balaban J connectivity index is 2.88. The molecule has 0 aromatic heterocycles. The summed E-state index contributed by atoms with van der Waals surface area (Å²) in [5.74, 6) is -1.91. The number of carbonyl (C=O) groups excluding carboxylic acids is 2. The average Bonchev–Trinajstić information content (AvgIpc) is 2.55. The van der Waals surface area contributed by atoms with Gasteiger partial charge in [0.15, 0.2) is 0 Å². The summed E-state index contributed by atoms with van der Waals surface area (Å²) in [7, 11) is -4.58. The Hall–Kier alpha value is -1.86. The molecule has 0 aromatic carbocycles. The normalized spacial score (nSPS) is 15.6. The first kappa shape index (κ1) is 14.2. The molecule has 1 rings (SSSR count). The molecule has 1 aliphatic heterocycles. The molecule has 0 fully saturated rings. The van der Waals surface area contributed by atoms with E-state index in [1.54, 1.807) is 0 Å². The van der Waals surface area contributed by atoms with Gasteiger partial charge in [-0.15, -0.1) is 0 Å². The van der Waals surface area contributed by atoms with E-state index in [0.717, 1.165) is 18.9 Å². The van der Waals surface area contributed by atoms with Crippen LogP contribution in [0.2, 0.25) is 0 Å². The maximum Gasteiger partial charge on any atom is 0.334 e. The predicted octanol–water partition coefficient (Wildman–Crippen LogP) is 1.42. The molecule has 0 spiro atoms. The quantitative estimate of drug-likeness (QED) is 0.238. The summed E-state index contributed by atoms with van der Waals surface area (Å²) >= 11 is 0. The van der Waals surface area contributed by atoms with E-state index in [-0.39, 0.29) is 9.88 Å². The van der Waals surface area contributed by atoms with Crippen molar-refractivity contribution in [1.82, 2.24) is 4.31 Å². The Bertz CT molecular complexity index is 545. The molecule has 2 amide bonds. The zero-order valence-electron chi connectivity index (χ0n) is 9.74. The van der Waals surface area contributed by atoms with Crippen molar-refractivity contribution in [2.45, 2.75) is 32.6 Å². The van der Waals surface area contributed by atoms with Crippen LogP contribution >= 0.6 is 0 Å². The maximum absolute atomic E-state index is 11.7. The van der Waals surface area contributed by atoms with E-state index in [1.807, 2.05) is 6.92 Å². The molecule has 0 unspecified atom stereocenters. The summed E-state index contributed by atoms with van der Waals surface area (Å²) in [6.45, 7) is 1.98. The fourth-order valence-corrected chi connectivity index (χ4v) is 2.32. The van der Waals surface area contributed by atoms with Gasteiger partial charge >= 0.3 is 10.2 Å². The zero-order valence-corrected chi connectivity index (χ0v) is 10.6. The van der Waals surface area contributed by atoms with Gasteiger partial charge in [0.1, 0.15) is 0 Å². The van der Waals surface area contributed by atoms with Crippen molar-refractivity contribution in [3.05, 3.63) is 22.1 Å². The van der Waals surface area contributed by atoms with Gasteiger partial charge < -0.3 is 0 Å². The van der Waals surface area contributed by atoms with Crippen LogP contribution in [0.15, 0.2) is 16.2 Å². The van der Waals surface area contributed by atoms with Gasteiger partial charge in [-0.1, -0.05) is 19.8 Å². The third-order valence-corrected chi connectivity index (χ3v) is 3.46. The third kappa shape index (κ3) is 2.88. The Kier molecular flexibility index (Phi) is 4.46. The Labute approximate surface area is 104 Å². The van der Waals surface area contributed by atoms with Crippen molar-refractivity contribution in [2.24, 2.45) is 4.52 Å². The minimum Gasteiger partial charge on any atom is -0.268 e. The molecule has 18 heavy (non-hydrogen) atoms. The summed E-state index contributed by atoms with van der Waals surface area (Å²) in [5, 5.41) is 0. The second-order valence-corrected chi connectivity index (χ2v) is 5.11. The van der Waals surface area contributed by atoms with Crippen molar-refractivity contribution in [2.75, 3.05) is 0 Å². The topological polar surface area (TPSA) is 120 Å². The number of unbranched alkanes of at least 4 members (excludes halogenated alkanes) is 2. The van der Waals surface area contributed by atoms with Gasteiger partial charge in [-0.3, -0.25) is 9.59 Å². The van der Waals surface area contributed by atoms with E-state index in [2.05, 4.69) is 9.43 Å². The molecular weight excluding hydrogens is 260 g/mol. The standard InChI is InChI=1S/C9H12N4O4S/c1-2-3-4-5-7-6-8(14)13(9(7)15)18(16,17)12-11-10/h6H,2-5H2,1H3. The lowest BCUT2D eigenvalue weighted by Gasteiger charge is -2.10. The van der Waals surface area contributed by atoms with Crippen molar-refractivity contribution in [3.63, 3.8) is 0 Å². The molecule has 0 bridgehead atoms. The lowest BCUT2D eigenvalue weighted by Crippen LogP contribution is -2.35. The van der Waals surface area contributed by atoms with Gasteiger partial charge in [0, 0.05) is 16.6 Å². The van der Waals surface area contributed by atoms with Crippen LogP contribution < -0.4 is 0 Å². The number of amides is 2. The molecule has 98 valence electrons. The van der Waals surface area contributed by atoms with Crippen molar-refractivity contribution in [3.8, 4) is 0 Å². The van der Waals surface area contributed by atoms with E-state index in [0.29, 0.717) is 12.8 Å². The first-order valence-electron chi connectivity index (χ1n) is 5.34. The minimum absolute atomic E-state index is 0.00595. The van der Waals surface area contributed by atoms with Crippen LogP contribution in [0.25, 0.3) is 10.4 Å². The monoisotopic (exact) mass is 272 g/mol. The number of hydrogen-bond donors (Lipinski definition) is 0. The highest BCUT2D eigenvalue weighted by Crippen LogP contribution is 2.22. The number of imide groups is 1. The highest BCUT2D eigenvalue weighted by Gasteiger charge is 2.39. The molecule has 8 nitrogen and oxygen atoms in total. The molecule has 0 saturated carbocycles. The molecule has 0 aromatic rings. The first-order chi connectivity index (χ1) is 8.44. The Morgan fingerprint density at radius 2 is 2.06 bits per heavy atom. The molecule has 0 atom stereocenters. The summed E-state index contributed by atoms with van der Waals surface area (Å²) in [5.41, 5.74) is 8.22. The summed E-state index contributed by atoms with van der Waals surface area (Å²) in [6, 6.07) is 0. The summed E-state index contributed by atoms with van der Waals surface area (Å²) in [6.07, 6.45) is 3.82. The molecular formula is C9H12N4O4S.